The molecule has 4 heterocycles. The standard InChI is InChI=1S/C22H19N5O2S2/c28-31(29,27-12-3-4-13-27)17-9-10-20(24-15-17)30-22-18-7-1-2-8-19(18)25-21(26-22)16-6-5-11-23-14-16/h1-2,5-11,14-15H,3-4,12-13H2. The molecule has 3 aromatic heterocycles. The van der Waals surface area contributed by atoms with Gasteiger partial charge in [0.25, 0.3) is 0 Å². The Labute approximate surface area is 184 Å². The Morgan fingerprint density at radius 1 is 0.903 bits per heavy atom. The molecule has 1 aromatic carbocycles. The number of pyridine rings is 2. The van der Waals surface area contributed by atoms with E-state index in [1.54, 1.807) is 24.5 Å². The van der Waals surface area contributed by atoms with Crippen molar-refractivity contribution in [2.45, 2.75) is 27.8 Å². The summed E-state index contributed by atoms with van der Waals surface area (Å²) in [6, 6.07) is 14.9. The van der Waals surface area contributed by atoms with Gasteiger partial charge in [0.05, 0.1) is 5.52 Å². The van der Waals surface area contributed by atoms with Gasteiger partial charge in [-0.3, -0.25) is 4.98 Å². The van der Waals surface area contributed by atoms with Crippen LogP contribution in [0.3, 0.4) is 0 Å². The zero-order valence-electron chi connectivity index (χ0n) is 16.5. The minimum Gasteiger partial charge on any atom is -0.264 e. The quantitative estimate of drug-likeness (QED) is 0.425. The zero-order valence-corrected chi connectivity index (χ0v) is 18.2. The first-order valence-electron chi connectivity index (χ1n) is 9.92. The molecule has 0 amide bonds. The molecule has 0 spiro atoms. The summed E-state index contributed by atoms with van der Waals surface area (Å²) in [5.74, 6) is 0.586. The topological polar surface area (TPSA) is 88.9 Å². The number of para-hydroxylation sites is 1. The number of hydrogen-bond acceptors (Lipinski definition) is 7. The van der Waals surface area contributed by atoms with E-state index in [4.69, 9.17) is 4.98 Å². The van der Waals surface area contributed by atoms with Crippen LogP contribution in [0.15, 0.2) is 82.1 Å². The highest BCUT2D eigenvalue weighted by Gasteiger charge is 2.27. The summed E-state index contributed by atoms with van der Waals surface area (Å²) in [6.07, 6.45) is 6.68. The number of nitrogens with zero attached hydrogens (tertiary/aromatic N) is 5. The van der Waals surface area contributed by atoms with Gasteiger partial charge >= 0.3 is 0 Å². The third-order valence-corrected chi connectivity index (χ3v) is 7.94. The number of fused-ring (bicyclic) bond motifs is 1. The Hall–Kier alpha value is -2.88. The monoisotopic (exact) mass is 449 g/mol. The van der Waals surface area contributed by atoms with Gasteiger partial charge < -0.3 is 0 Å². The second-order valence-electron chi connectivity index (χ2n) is 7.16. The van der Waals surface area contributed by atoms with Gasteiger partial charge in [0.1, 0.15) is 14.9 Å². The lowest BCUT2D eigenvalue weighted by molar-refractivity contribution is 0.477. The lowest BCUT2D eigenvalue weighted by atomic mass is 10.2. The van der Waals surface area contributed by atoms with Crippen LogP contribution in [0.2, 0.25) is 0 Å². The average Bonchev–Trinajstić information content (AvgIpc) is 3.36. The van der Waals surface area contributed by atoms with Crippen LogP contribution in [0.5, 0.6) is 0 Å². The van der Waals surface area contributed by atoms with Gasteiger partial charge in [0.15, 0.2) is 5.82 Å². The van der Waals surface area contributed by atoms with Crippen molar-refractivity contribution >= 4 is 32.7 Å². The molecule has 0 unspecified atom stereocenters. The first-order valence-corrected chi connectivity index (χ1v) is 12.2. The zero-order chi connectivity index (χ0) is 21.3. The first kappa shape index (κ1) is 20.0. The number of sulfonamides is 1. The Bertz CT molecular complexity index is 1320. The van der Waals surface area contributed by atoms with Gasteiger partial charge in [0.2, 0.25) is 10.0 Å². The fourth-order valence-electron chi connectivity index (χ4n) is 3.51. The lowest BCUT2D eigenvalue weighted by Gasteiger charge is -2.15. The molecule has 0 bridgehead atoms. The molecule has 9 heteroatoms. The van der Waals surface area contributed by atoms with Crippen molar-refractivity contribution in [1.82, 2.24) is 24.2 Å². The molecule has 1 aliphatic rings. The van der Waals surface area contributed by atoms with Crippen LogP contribution in [-0.4, -0.2) is 45.7 Å². The number of benzene rings is 1. The molecule has 4 aromatic rings. The molecular formula is C22H19N5O2S2. The molecule has 0 aliphatic carbocycles. The van der Waals surface area contributed by atoms with Crippen LogP contribution in [0.25, 0.3) is 22.3 Å². The second kappa shape index (κ2) is 8.33. The second-order valence-corrected chi connectivity index (χ2v) is 10.1. The van der Waals surface area contributed by atoms with E-state index in [0.717, 1.165) is 34.3 Å². The highest BCUT2D eigenvalue weighted by atomic mass is 32.2. The normalized spacial score (nSPS) is 14.8. The van der Waals surface area contributed by atoms with Crippen molar-refractivity contribution in [3.63, 3.8) is 0 Å². The molecule has 0 saturated carbocycles. The van der Waals surface area contributed by atoms with Crippen molar-refractivity contribution < 1.29 is 8.42 Å². The fraction of sp³-hybridized carbons (Fsp3) is 0.182. The third kappa shape index (κ3) is 4.04. The minimum absolute atomic E-state index is 0.224. The van der Waals surface area contributed by atoms with Crippen LogP contribution in [-0.2, 0) is 10.0 Å². The van der Waals surface area contributed by atoms with E-state index >= 15 is 0 Å². The van der Waals surface area contributed by atoms with E-state index < -0.39 is 10.0 Å². The lowest BCUT2D eigenvalue weighted by Crippen LogP contribution is -2.27. The Morgan fingerprint density at radius 3 is 2.48 bits per heavy atom. The van der Waals surface area contributed by atoms with Crippen molar-refractivity contribution in [2.75, 3.05) is 13.1 Å². The maximum atomic E-state index is 12.7. The van der Waals surface area contributed by atoms with Crippen molar-refractivity contribution in [1.29, 1.82) is 0 Å². The summed E-state index contributed by atoms with van der Waals surface area (Å²) in [7, 11) is -3.48. The largest absolute Gasteiger partial charge is 0.264 e. The molecule has 1 aliphatic heterocycles. The van der Waals surface area contributed by atoms with E-state index in [2.05, 4.69) is 15.0 Å². The highest BCUT2D eigenvalue weighted by molar-refractivity contribution is 7.99. The Kier molecular flexibility index (Phi) is 5.39. The molecule has 0 radical (unpaired) electrons. The van der Waals surface area contributed by atoms with E-state index in [1.165, 1.54) is 22.3 Å². The SMILES string of the molecule is O=S(=O)(c1ccc(Sc2nc(-c3cccnc3)nc3ccccc23)nc1)N1CCCC1. The summed E-state index contributed by atoms with van der Waals surface area (Å²) < 4.78 is 27.0. The third-order valence-electron chi connectivity index (χ3n) is 5.10. The van der Waals surface area contributed by atoms with Crippen LogP contribution in [0.1, 0.15) is 12.8 Å². The van der Waals surface area contributed by atoms with Crippen LogP contribution >= 0.6 is 11.8 Å². The van der Waals surface area contributed by atoms with E-state index in [0.29, 0.717) is 23.9 Å². The predicted octanol–water partition coefficient (Wildman–Crippen LogP) is 4.02. The molecule has 5 rings (SSSR count). The van der Waals surface area contributed by atoms with Gasteiger partial charge in [-0.2, -0.15) is 4.31 Å². The summed E-state index contributed by atoms with van der Waals surface area (Å²) in [5, 5.41) is 2.34. The molecular weight excluding hydrogens is 430 g/mol. The predicted molar refractivity (Wildman–Crippen MR) is 119 cm³/mol. The van der Waals surface area contributed by atoms with Crippen LogP contribution < -0.4 is 0 Å². The van der Waals surface area contributed by atoms with E-state index in [1.807, 2.05) is 36.4 Å². The van der Waals surface area contributed by atoms with Gasteiger partial charge in [-0.25, -0.2) is 23.4 Å². The maximum absolute atomic E-state index is 12.7. The average molecular weight is 450 g/mol. The molecule has 7 nitrogen and oxygen atoms in total. The molecule has 0 N–H and O–H groups in total. The van der Waals surface area contributed by atoms with E-state index in [-0.39, 0.29) is 4.90 Å². The van der Waals surface area contributed by atoms with Crippen molar-refractivity contribution in [2.24, 2.45) is 0 Å². The van der Waals surface area contributed by atoms with Gasteiger partial charge in [-0.1, -0.05) is 18.2 Å². The Balaban J connectivity index is 1.49. The molecule has 1 saturated heterocycles. The summed E-state index contributed by atoms with van der Waals surface area (Å²) >= 11 is 1.39. The minimum atomic E-state index is -3.48. The van der Waals surface area contributed by atoms with Crippen molar-refractivity contribution in [3.8, 4) is 11.4 Å². The van der Waals surface area contributed by atoms with Gasteiger partial charge in [-0.15, -0.1) is 0 Å². The van der Waals surface area contributed by atoms with Crippen LogP contribution in [0.4, 0.5) is 0 Å². The van der Waals surface area contributed by atoms with Gasteiger partial charge in [0, 0.05) is 42.6 Å². The number of hydrogen-bond donors (Lipinski definition) is 0. The fourth-order valence-corrected chi connectivity index (χ4v) is 5.82. The maximum Gasteiger partial charge on any atom is 0.244 e. The molecule has 1 fully saturated rings. The number of rotatable bonds is 5. The van der Waals surface area contributed by atoms with Crippen molar-refractivity contribution in [3.05, 3.63) is 67.1 Å². The highest BCUT2D eigenvalue weighted by Crippen LogP contribution is 2.32. The Morgan fingerprint density at radius 2 is 1.74 bits per heavy atom. The first-order chi connectivity index (χ1) is 15.1. The summed E-state index contributed by atoms with van der Waals surface area (Å²) in [4.78, 5) is 18.2. The smallest absolute Gasteiger partial charge is 0.244 e. The summed E-state index contributed by atoms with van der Waals surface area (Å²) in [5.41, 5.74) is 1.65. The molecule has 156 valence electrons. The summed E-state index contributed by atoms with van der Waals surface area (Å²) in [6.45, 7) is 1.14. The molecule has 31 heavy (non-hydrogen) atoms. The van der Waals surface area contributed by atoms with E-state index in [9.17, 15) is 8.42 Å². The molecule has 0 atom stereocenters. The number of aromatic nitrogens is 4. The van der Waals surface area contributed by atoms with Gasteiger partial charge in [-0.05, 0) is 54.9 Å². The van der Waals surface area contributed by atoms with Crippen LogP contribution in [0, 0.1) is 0 Å².